The number of hydrogen-bond donors (Lipinski definition) is 2. The molecular weight excluding hydrogens is 260 g/mol. The summed E-state index contributed by atoms with van der Waals surface area (Å²) in [5, 5.41) is 13.8. The van der Waals surface area contributed by atoms with Crippen molar-refractivity contribution in [2.45, 2.75) is 63.3 Å². The standard InChI is InChI=1S/C14H20N2O2S/c1-2-14(7-4-8-14)16-13-15-11-9(12(17)18)5-3-6-10(11)19-13/h9H,2-8H2,1H3,(H,15,16)(H,17,18). The minimum Gasteiger partial charge on any atom is -0.481 e. The summed E-state index contributed by atoms with van der Waals surface area (Å²) < 4.78 is 0. The van der Waals surface area contributed by atoms with Gasteiger partial charge in [0.1, 0.15) is 5.92 Å². The van der Waals surface area contributed by atoms with Crippen molar-refractivity contribution in [3.8, 4) is 0 Å². The highest BCUT2D eigenvalue weighted by atomic mass is 32.1. The van der Waals surface area contributed by atoms with Gasteiger partial charge in [-0.25, -0.2) is 4.98 Å². The van der Waals surface area contributed by atoms with E-state index in [1.54, 1.807) is 11.3 Å². The third-order valence-corrected chi connectivity index (χ3v) is 5.66. The second-order valence-electron chi connectivity index (χ2n) is 5.72. The Morgan fingerprint density at radius 1 is 1.53 bits per heavy atom. The smallest absolute Gasteiger partial charge is 0.312 e. The average Bonchev–Trinajstić information content (AvgIpc) is 2.75. The molecule has 4 nitrogen and oxygen atoms in total. The minimum atomic E-state index is -0.730. The molecule has 5 heteroatoms. The summed E-state index contributed by atoms with van der Waals surface area (Å²) in [4.78, 5) is 17.0. The molecule has 0 bridgehead atoms. The van der Waals surface area contributed by atoms with Gasteiger partial charge in [-0.05, 0) is 44.9 Å². The van der Waals surface area contributed by atoms with E-state index in [2.05, 4.69) is 17.2 Å². The molecule has 104 valence electrons. The van der Waals surface area contributed by atoms with E-state index < -0.39 is 11.9 Å². The van der Waals surface area contributed by atoms with Gasteiger partial charge in [-0.1, -0.05) is 6.92 Å². The zero-order chi connectivity index (χ0) is 13.5. The second-order valence-corrected chi connectivity index (χ2v) is 6.81. The molecule has 0 radical (unpaired) electrons. The first-order valence-electron chi connectivity index (χ1n) is 7.14. The Hall–Kier alpha value is -1.10. The molecule has 0 aliphatic heterocycles. The summed E-state index contributed by atoms with van der Waals surface area (Å²) in [7, 11) is 0. The van der Waals surface area contributed by atoms with Crippen LogP contribution in [0.1, 0.15) is 61.9 Å². The number of aliphatic carboxylic acids is 1. The fourth-order valence-corrected chi connectivity index (χ4v) is 4.29. The van der Waals surface area contributed by atoms with Gasteiger partial charge >= 0.3 is 5.97 Å². The maximum atomic E-state index is 11.3. The summed E-state index contributed by atoms with van der Waals surface area (Å²) in [5.74, 6) is -1.12. The van der Waals surface area contributed by atoms with Gasteiger partial charge < -0.3 is 10.4 Å². The van der Waals surface area contributed by atoms with Crippen molar-refractivity contribution in [3.63, 3.8) is 0 Å². The monoisotopic (exact) mass is 280 g/mol. The highest BCUT2D eigenvalue weighted by molar-refractivity contribution is 7.15. The van der Waals surface area contributed by atoms with Crippen molar-refractivity contribution in [2.24, 2.45) is 0 Å². The molecule has 1 aromatic rings. The normalized spacial score (nSPS) is 24.4. The van der Waals surface area contributed by atoms with Crippen LogP contribution < -0.4 is 5.32 Å². The van der Waals surface area contributed by atoms with Crippen LogP contribution >= 0.6 is 11.3 Å². The summed E-state index contributed by atoms with van der Waals surface area (Å²) >= 11 is 1.66. The SMILES string of the molecule is CCC1(Nc2nc3c(s2)CCCC3C(=O)O)CCC1. The number of nitrogens with one attached hydrogen (secondary N) is 1. The van der Waals surface area contributed by atoms with Gasteiger partial charge in [0, 0.05) is 10.4 Å². The average molecular weight is 280 g/mol. The summed E-state index contributed by atoms with van der Waals surface area (Å²) in [6, 6.07) is 0. The van der Waals surface area contributed by atoms with E-state index in [0.29, 0.717) is 0 Å². The van der Waals surface area contributed by atoms with Gasteiger partial charge in [0.2, 0.25) is 0 Å². The number of carboxylic acids is 1. The molecule has 3 rings (SSSR count). The number of carbonyl (C=O) groups is 1. The Morgan fingerprint density at radius 3 is 2.89 bits per heavy atom. The van der Waals surface area contributed by atoms with Gasteiger partial charge in [-0.15, -0.1) is 11.3 Å². The van der Waals surface area contributed by atoms with Crippen molar-refractivity contribution in [3.05, 3.63) is 10.6 Å². The van der Waals surface area contributed by atoms with Gasteiger partial charge in [0.15, 0.2) is 5.13 Å². The number of thiazole rings is 1. The van der Waals surface area contributed by atoms with Crippen LogP contribution in [-0.4, -0.2) is 21.6 Å². The summed E-state index contributed by atoms with van der Waals surface area (Å²) in [6.07, 6.45) is 7.47. The molecule has 2 aliphatic carbocycles. The van der Waals surface area contributed by atoms with Crippen molar-refractivity contribution in [1.82, 2.24) is 4.98 Å². The second kappa shape index (κ2) is 4.78. The minimum absolute atomic E-state index is 0.221. The van der Waals surface area contributed by atoms with E-state index in [1.165, 1.54) is 24.1 Å². The van der Waals surface area contributed by atoms with Gasteiger partial charge in [0.25, 0.3) is 0 Å². The highest BCUT2D eigenvalue weighted by Crippen LogP contribution is 2.42. The molecule has 1 heterocycles. The zero-order valence-corrected chi connectivity index (χ0v) is 12.1. The Bertz CT molecular complexity index is 488. The van der Waals surface area contributed by atoms with Crippen molar-refractivity contribution in [2.75, 3.05) is 5.32 Å². The van der Waals surface area contributed by atoms with Crippen molar-refractivity contribution >= 4 is 22.4 Å². The van der Waals surface area contributed by atoms with Gasteiger partial charge in [-0.3, -0.25) is 4.79 Å². The molecule has 1 atom stereocenters. The third-order valence-electron chi connectivity index (χ3n) is 4.61. The van der Waals surface area contributed by atoms with E-state index in [4.69, 9.17) is 0 Å². The number of nitrogens with zero attached hydrogens (tertiary/aromatic N) is 1. The Labute approximate surface area is 117 Å². The lowest BCUT2D eigenvalue weighted by Crippen LogP contribution is -2.44. The van der Waals surface area contributed by atoms with E-state index in [-0.39, 0.29) is 5.54 Å². The quantitative estimate of drug-likeness (QED) is 0.887. The lowest BCUT2D eigenvalue weighted by molar-refractivity contribution is -0.139. The van der Waals surface area contributed by atoms with E-state index in [9.17, 15) is 9.90 Å². The molecule has 2 aliphatic rings. The maximum Gasteiger partial charge on any atom is 0.312 e. The van der Waals surface area contributed by atoms with E-state index >= 15 is 0 Å². The molecule has 1 aromatic heterocycles. The van der Waals surface area contributed by atoms with E-state index in [1.807, 2.05) is 0 Å². The first kappa shape index (κ1) is 12.9. The number of carboxylic acid groups (broad SMARTS) is 1. The first-order chi connectivity index (χ1) is 9.13. The molecule has 0 saturated heterocycles. The summed E-state index contributed by atoms with van der Waals surface area (Å²) in [5.41, 5.74) is 1.04. The van der Waals surface area contributed by atoms with Gasteiger partial charge in [0.05, 0.1) is 5.69 Å². The van der Waals surface area contributed by atoms with Crippen LogP contribution in [0.5, 0.6) is 0 Å². The fourth-order valence-electron chi connectivity index (χ4n) is 3.11. The summed E-state index contributed by atoms with van der Waals surface area (Å²) in [6.45, 7) is 2.21. The zero-order valence-electron chi connectivity index (χ0n) is 11.2. The molecule has 1 fully saturated rings. The number of anilines is 1. The molecule has 1 saturated carbocycles. The number of hydrogen-bond acceptors (Lipinski definition) is 4. The molecule has 0 amide bonds. The van der Waals surface area contributed by atoms with Gasteiger partial charge in [-0.2, -0.15) is 0 Å². The Balaban J connectivity index is 1.83. The van der Waals surface area contributed by atoms with Crippen LogP contribution in [0.3, 0.4) is 0 Å². The molecule has 0 spiro atoms. The predicted octanol–water partition coefficient (Wildman–Crippen LogP) is 3.39. The number of aryl methyl sites for hydroxylation is 1. The van der Waals surface area contributed by atoms with E-state index in [0.717, 1.165) is 36.5 Å². The highest BCUT2D eigenvalue weighted by Gasteiger charge is 2.37. The number of aromatic nitrogens is 1. The number of rotatable bonds is 4. The maximum absolute atomic E-state index is 11.3. The van der Waals surface area contributed by atoms with Crippen molar-refractivity contribution < 1.29 is 9.90 Å². The van der Waals surface area contributed by atoms with Crippen LogP contribution in [0, 0.1) is 0 Å². The van der Waals surface area contributed by atoms with Crippen LogP contribution in [0.4, 0.5) is 5.13 Å². The Kier molecular flexibility index (Phi) is 3.25. The molecule has 1 unspecified atom stereocenters. The molecule has 0 aromatic carbocycles. The molecule has 19 heavy (non-hydrogen) atoms. The van der Waals surface area contributed by atoms with Crippen molar-refractivity contribution in [1.29, 1.82) is 0 Å². The number of fused-ring (bicyclic) bond motifs is 1. The van der Waals surface area contributed by atoms with Crippen LogP contribution in [0.25, 0.3) is 0 Å². The van der Waals surface area contributed by atoms with Crippen LogP contribution in [0.2, 0.25) is 0 Å². The lowest BCUT2D eigenvalue weighted by atomic mass is 9.75. The topological polar surface area (TPSA) is 62.2 Å². The fraction of sp³-hybridized carbons (Fsp3) is 0.714. The molecular formula is C14H20N2O2S. The lowest BCUT2D eigenvalue weighted by Gasteiger charge is -2.41. The predicted molar refractivity (Wildman–Crippen MR) is 75.9 cm³/mol. The van der Waals surface area contributed by atoms with Crippen LogP contribution in [0.15, 0.2) is 0 Å². The first-order valence-corrected chi connectivity index (χ1v) is 7.96. The Morgan fingerprint density at radius 2 is 2.32 bits per heavy atom. The van der Waals surface area contributed by atoms with Crippen LogP contribution in [-0.2, 0) is 11.2 Å². The largest absolute Gasteiger partial charge is 0.481 e. The third kappa shape index (κ3) is 2.24. The molecule has 2 N–H and O–H groups in total.